The molecule has 8 heteroatoms. The van der Waals surface area contributed by atoms with E-state index in [2.05, 4.69) is 15.5 Å². The number of hydrogen-bond acceptors (Lipinski definition) is 6. The summed E-state index contributed by atoms with van der Waals surface area (Å²) < 4.78 is 5.35. The second-order valence-corrected chi connectivity index (χ2v) is 8.44. The molecule has 0 saturated heterocycles. The van der Waals surface area contributed by atoms with E-state index in [1.165, 1.54) is 4.90 Å². The predicted octanol–water partition coefficient (Wildman–Crippen LogP) is 4.52. The van der Waals surface area contributed by atoms with E-state index < -0.39 is 0 Å². The number of hydrogen-bond donors (Lipinski definition) is 1. The fraction of sp³-hybridized carbons (Fsp3) is 0.182. The maximum atomic E-state index is 13.2. The molecule has 0 unspecified atom stereocenters. The van der Waals surface area contributed by atoms with Crippen molar-refractivity contribution in [2.75, 3.05) is 19.4 Å². The van der Waals surface area contributed by atoms with Crippen molar-refractivity contribution in [2.24, 2.45) is 0 Å². The van der Waals surface area contributed by atoms with Gasteiger partial charge in [0.1, 0.15) is 0 Å². The topological polar surface area (TPSA) is 88.3 Å². The molecule has 0 bridgehead atoms. The highest BCUT2D eigenvalue weighted by atomic mass is 32.1. The second kappa shape index (κ2) is 7.72. The van der Waals surface area contributed by atoms with Gasteiger partial charge >= 0.3 is 0 Å². The summed E-state index contributed by atoms with van der Waals surface area (Å²) in [4.78, 5) is 33.5. The quantitative estimate of drug-likeness (QED) is 0.524. The molecule has 0 radical (unpaired) electrons. The number of fused-ring (bicyclic) bond motifs is 1. The Kier molecular flexibility index (Phi) is 5.09. The van der Waals surface area contributed by atoms with Gasteiger partial charge in [0.05, 0.1) is 27.2 Å². The van der Waals surface area contributed by atoms with E-state index >= 15 is 0 Å². The molecule has 2 amide bonds. The minimum atomic E-state index is -0.322. The smallest absolute Gasteiger partial charge is 0.259 e. The molecule has 3 heterocycles. The number of thiophene rings is 1. The molecule has 152 valence electrons. The third-order valence-corrected chi connectivity index (χ3v) is 5.65. The Morgan fingerprint density at radius 1 is 1.10 bits per heavy atom. The Labute approximate surface area is 177 Å². The van der Waals surface area contributed by atoms with Crippen molar-refractivity contribution in [1.82, 2.24) is 15.0 Å². The first-order valence-electron chi connectivity index (χ1n) is 9.30. The Morgan fingerprint density at radius 3 is 2.60 bits per heavy atom. The first kappa shape index (κ1) is 19.8. The van der Waals surface area contributed by atoms with Crippen molar-refractivity contribution in [2.45, 2.75) is 13.8 Å². The standard InChI is InChI=1S/C22H20N4O3S/c1-12-8-9-18(30-12)17-11-16(19-13(2)25-29-21(19)24-17)20(27)23-15-7-5-6-14(10-15)22(28)26(3)4/h5-11H,1-4H3,(H,23,27). The highest BCUT2D eigenvalue weighted by molar-refractivity contribution is 7.15. The third kappa shape index (κ3) is 3.69. The average Bonchev–Trinajstić information content (AvgIpc) is 3.32. The molecule has 7 nitrogen and oxygen atoms in total. The van der Waals surface area contributed by atoms with Crippen LogP contribution in [0.2, 0.25) is 0 Å². The van der Waals surface area contributed by atoms with Gasteiger partial charge < -0.3 is 14.7 Å². The second-order valence-electron chi connectivity index (χ2n) is 7.15. The molecule has 1 N–H and O–H groups in total. The zero-order valence-electron chi connectivity index (χ0n) is 17.0. The summed E-state index contributed by atoms with van der Waals surface area (Å²) in [6, 6.07) is 12.6. The van der Waals surface area contributed by atoms with Crippen molar-refractivity contribution in [3.8, 4) is 10.6 Å². The Balaban J connectivity index is 1.74. The van der Waals surface area contributed by atoms with Gasteiger partial charge in [0.25, 0.3) is 17.5 Å². The fourth-order valence-corrected chi connectivity index (χ4v) is 3.99. The molecule has 4 rings (SSSR count). The van der Waals surface area contributed by atoms with Crippen LogP contribution in [-0.4, -0.2) is 41.0 Å². The highest BCUT2D eigenvalue weighted by Gasteiger charge is 2.20. The number of carbonyl (C=O) groups excluding carboxylic acids is 2. The van der Waals surface area contributed by atoms with Gasteiger partial charge in [0, 0.05) is 30.2 Å². The number of aryl methyl sites for hydroxylation is 2. The Morgan fingerprint density at radius 2 is 1.90 bits per heavy atom. The van der Waals surface area contributed by atoms with Crippen LogP contribution in [0.3, 0.4) is 0 Å². The number of amides is 2. The van der Waals surface area contributed by atoms with Gasteiger partial charge in [-0.05, 0) is 50.2 Å². The normalized spacial score (nSPS) is 10.9. The molecule has 0 aliphatic carbocycles. The zero-order chi connectivity index (χ0) is 21.4. The minimum Gasteiger partial charge on any atom is -0.345 e. The molecule has 3 aromatic heterocycles. The van der Waals surface area contributed by atoms with Crippen molar-refractivity contribution in [1.29, 1.82) is 0 Å². The van der Waals surface area contributed by atoms with E-state index in [1.807, 2.05) is 19.1 Å². The van der Waals surface area contributed by atoms with Crippen molar-refractivity contribution in [3.05, 3.63) is 64.2 Å². The van der Waals surface area contributed by atoms with E-state index in [1.54, 1.807) is 62.7 Å². The van der Waals surface area contributed by atoms with E-state index in [4.69, 9.17) is 4.52 Å². The molecular formula is C22H20N4O3S. The van der Waals surface area contributed by atoms with Crippen molar-refractivity contribution in [3.63, 3.8) is 0 Å². The average molecular weight is 420 g/mol. The molecule has 0 spiro atoms. The molecule has 0 aliphatic heterocycles. The van der Waals surface area contributed by atoms with Crippen LogP contribution in [0, 0.1) is 13.8 Å². The van der Waals surface area contributed by atoms with E-state index in [0.29, 0.717) is 39.3 Å². The van der Waals surface area contributed by atoms with Crippen LogP contribution in [-0.2, 0) is 0 Å². The number of carbonyl (C=O) groups is 2. The Bertz CT molecular complexity index is 1270. The van der Waals surface area contributed by atoms with Crippen LogP contribution >= 0.6 is 11.3 Å². The lowest BCUT2D eigenvalue weighted by Gasteiger charge is -2.12. The number of benzene rings is 1. The predicted molar refractivity (Wildman–Crippen MR) is 117 cm³/mol. The summed E-state index contributed by atoms with van der Waals surface area (Å²) in [6.45, 7) is 3.79. The summed E-state index contributed by atoms with van der Waals surface area (Å²) >= 11 is 1.59. The number of nitrogens with one attached hydrogen (secondary N) is 1. The summed E-state index contributed by atoms with van der Waals surface area (Å²) in [5.41, 5.74) is 3.00. The summed E-state index contributed by atoms with van der Waals surface area (Å²) in [5, 5.41) is 7.43. The maximum absolute atomic E-state index is 13.2. The summed E-state index contributed by atoms with van der Waals surface area (Å²) in [5.74, 6) is -0.458. The van der Waals surface area contributed by atoms with Gasteiger partial charge in [-0.2, -0.15) is 0 Å². The Hall–Kier alpha value is -3.52. The molecule has 0 atom stereocenters. The minimum absolute atomic E-state index is 0.136. The SMILES string of the molecule is Cc1ccc(-c2cc(C(=O)Nc3cccc(C(=O)N(C)C)c3)c3c(C)noc3n2)s1. The molecule has 0 fully saturated rings. The van der Waals surface area contributed by atoms with Crippen LogP contribution in [0.1, 0.15) is 31.3 Å². The molecular weight excluding hydrogens is 400 g/mol. The lowest BCUT2D eigenvalue weighted by atomic mass is 10.1. The van der Waals surface area contributed by atoms with E-state index in [0.717, 1.165) is 9.75 Å². The molecule has 0 aliphatic rings. The number of rotatable bonds is 4. The third-order valence-electron chi connectivity index (χ3n) is 4.63. The number of nitrogens with zero attached hydrogens (tertiary/aromatic N) is 3. The molecule has 1 aromatic carbocycles. The summed E-state index contributed by atoms with van der Waals surface area (Å²) in [7, 11) is 3.37. The van der Waals surface area contributed by atoms with Crippen molar-refractivity contribution < 1.29 is 14.1 Å². The fourth-order valence-electron chi connectivity index (χ4n) is 3.16. The van der Waals surface area contributed by atoms with E-state index in [9.17, 15) is 9.59 Å². The number of pyridine rings is 1. The lowest BCUT2D eigenvalue weighted by molar-refractivity contribution is 0.0827. The summed E-state index contributed by atoms with van der Waals surface area (Å²) in [6.07, 6.45) is 0. The maximum Gasteiger partial charge on any atom is 0.259 e. The van der Waals surface area contributed by atoms with Gasteiger partial charge in [-0.1, -0.05) is 11.2 Å². The van der Waals surface area contributed by atoms with Crippen molar-refractivity contribution >= 4 is 39.9 Å². The van der Waals surface area contributed by atoms with Crippen LogP contribution < -0.4 is 5.32 Å². The van der Waals surface area contributed by atoms with Crippen LogP contribution in [0.4, 0.5) is 5.69 Å². The molecule has 0 saturated carbocycles. The van der Waals surface area contributed by atoms with Crippen LogP contribution in [0.25, 0.3) is 21.7 Å². The molecule has 4 aromatic rings. The van der Waals surface area contributed by atoms with E-state index in [-0.39, 0.29) is 11.8 Å². The monoisotopic (exact) mass is 420 g/mol. The first-order valence-corrected chi connectivity index (χ1v) is 10.1. The van der Waals surface area contributed by atoms with Crippen LogP contribution in [0.5, 0.6) is 0 Å². The first-order chi connectivity index (χ1) is 14.3. The van der Waals surface area contributed by atoms with Gasteiger partial charge in [-0.25, -0.2) is 4.98 Å². The highest BCUT2D eigenvalue weighted by Crippen LogP contribution is 2.31. The number of anilines is 1. The van der Waals surface area contributed by atoms with Gasteiger partial charge in [-0.3, -0.25) is 9.59 Å². The van der Waals surface area contributed by atoms with Gasteiger partial charge in [0.15, 0.2) is 0 Å². The lowest BCUT2D eigenvalue weighted by Crippen LogP contribution is -2.22. The molecule has 30 heavy (non-hydrogen) atoms. The zero-order valence-corrected chi connectivity index (χ0v) is 17.8. The largest absolute Gasteiger partial charge is 0.345 e. The number of aromatic nitrogens is 2. The van der Waals surface area contributed by atoms with Gasteiger partial charge in [0.2, 0.25) is 0 Å². The van der Waals surface area contributed by atoms with Crippen LogP contribution in [0.15, 0.2) is 47.0 Å². The van der Waals surface area contributed by atoms with Gasteiger partial charge in [-0.15, -0.1) is 11.3 Å².